The first-order valence-corrected chi connectivity index (χ1v) is 7.67. The highest BCUT2D eigenvalue weighted by molar-refractivity contribution is 6.04. The second kappa shape index (κ2) is 7.58. The normalized spacial score (nSPS) is 11.6. The number of carbonyl (C=O) groups excluding carboxylic acids is 2. The molecule has 0 aliphatic heterocycles. The van der Waals surface area contributed by atoms with Crippen molar-refractivity contribution >= 4 is 17.5 Å². The van der Waals surface area contributed by atoms with Crippen molar-refractivity contribution in [1.29, 1.82) is 0 Å². The fourth-order valence-corrected chi connectivity index (χ4v) is 2.46. The summed E-state index contributed by atoms with van der Waals surface area (Å²) in [4.78, 5) is 24.1. The maximum Gasteiger partial charge on any atom is 0.233 e. The average Bonchev–Trinajstić information content (AvgIpc) is 2.51. The molecule has 0 saturated heterocycles. The van der Waals surface area contributed by atoms with Crippen LogP contribution in [0.1, 0.15) is 36.1 Å². The molecule has 0 bridgehead atoms. The van der Waals surface area contributed by atoms with E-state index in [1.807, 2.05) is 69.3 Å². The van der Waals surface area contributed by atoms with Gasteiger partial charge >= 0.3 is 0 Å². The minimum Gasteiger partial charge on any atom is -0.349 e. The van der Waals surface area contributed by atoms with Gasteiger partial charge in [-0.15, -0.1) is 0 Å². The molecule has 1 unspecified atom stereocenters. The quantitative estimate of drug-likeness (QED) is 0.830. The molecule has 2 rings (SSSR count). The van der Waals surface area contributed by atoms with Gasteiger partial charge in [0.1, 0.15) is 6.42 Å². The molecule has 0 spiro atoms. The molecule has 23 heavy (non-hydrogen) atoms. The highest BCUT2D eigenvalue weighted by atomic mass is 16.2. The lowest BCUT2D eigenvalue weighted by Crippen LogP contribution is -2.30. The Kier molecular flexibility index (Phi) is 5.52. The summed E-state index contributed by atoms with van der Waals surface area (Å²) in [5, 5.41) is 5.66. The summed E-state index contributed by atoms with van der Waals surface area (Å²) in [5.74, 6) is -0.592. The smallest absolute Gasteiger partial charge is 0.233 e. The van der Waals surface area contributed by atoms with Crippen molar-refractivity contribution in [3.05, 3.63) is 65.2 Å². The third-order valence-electron chi connectivity index (χ3n) is 3.74. The molecule has 2 aromatic rings. The number of benzene rings is 2. The van der Waals surface area contributed by atoms with Crippen LogP contribution < -0.4 is 10.6 Å². The van der Waals surface area contributed by atoms with Gasteiger partial charge in [-0.05, 0) is 37.5 Å². The van der Waals surface area contributed by atoms with Crippen LogP contribution in [-0.4, -0.2) is 11.8 Å². The summed E-state index contributed by atoms with van der Waals surface area (Å²) in [7, 11) is 0. The SMILES string of the molecule is Cc1cccc(C)c1NC(=O)CC(=O)NC(C)c1ccccc1. The summed E-state index contributed by atoms with van der Waals surface area (Å²) in [5.41, 5.74) is 3.75. The third-order valence-corrected chi connectivity index (χ3v) is 3.74. The molecule has 0 aliphatic rings. The fourth-order valence-electron chi connectivity index (χ4n) is 2.46. The zero-order valence-corrected chi connectivity index (χ0v) is 13.7. The van der Waals surface area contributed by atoms with Crippen LogP contribution in [0, 0.1) is 13.8 Å². The maximum atomic E-state index is 12.1. The number of anilines is 1. The number of carbonyl (C=O) groups is 2. The second-order valence-electron chi connectivity index (χ2n) is 5.69. The van der Waals surface area contributed by atoms with E-state index < -0.39 is 0 Å². The van der Waals surface area contributed by atoms with Crippen LogP contribution in [0.4, 0.5) is 5.69 Å². The van der Waals surface area contributed by atoms with Crippen molar-refractivity contribution in [3.63, 3.8) is 0 Å². The van der Waals surface area contributed by atoms with Crippen molar-refractivity contribution in [3.8, 4) is 0 Å². The lowest BCUT2D eigenvalue weighted by molar-refractivity contribution is -0.127. The van der Waals surface area contributed by atoms with E-state index in [2.05, 4.69) is 10.6 Å². The number of hydrogen-bond donors (Lipinski definition) is 2. The monoisotopic (exact) mass is 310 g/mol. The Bertz CT molecular complexity index is 676. The number of nitrogens with one attached hydrogen (secondary N) is 2. The van der Waals surface area contributed by atoms with Gasteiger partial charge < -0.3 is 10.6 Å². The van der Waals surface area contributed by atoms with E-state index in [0.717, 1.165) is 22.4 Å². The molecule has 120 valence electrons. The predicted octanol–water partition coefficient (Wildman–Crippen LogP) is 3.51. The first-order chi connectivity index (χ1) is 11.0. The molecular formula is C19H22N2O2. The van der Waals surface area contributed by atoms with E-state index in [1.165, 1.54) is 0 Å². The van der Waals surface area contributed by atoms with Crippen LogP contribution >= 0.6 is 0 Å². The van der Waals surface area contributed by atoms with Gasteiger partial charge in [-0.25, -0.2) is 0 Å². The van der Waals surface area contributed by atoms with Crippen molar-refractivity contribution in [2.45, 2.75) is 33.2 Å². The number of rotatable bonds is 5. The Balaban J connectivity index is 1.91. The minimum absolute atomic E-state index is 0.128. The van der Waals surface area contributed by atoms with Crippen LogP contribution in [0.25, 0.3) is 0 Å². The highest BCUT2D eigenvalue weighted by Crippen LogP contribution is 2.19. The van der Waals surface area contributed by atoms with E-state index in [-0.39, 0.29) is 24.3 Å². The van der Waals surface area contributed by atoms with Crippen molar-refractivity contribution < 1.29 is 9.59 Å². The summed E-state index contributed by atoms with van der Waals surface area (Å²) >= 11 is 0. The zero-order valence-electron chi connectivity index (χ0n) is 13.7. The largest absolute Gasteiger partial charge is 0.349 e. The van der Waals surface area contributed by atoms with Gasteiger partial charge in [0, 0.05) is 5.69 Å². The van der Waals surface area contributed by atoms with Crippen LogP contribution in [-0.2, 0) is 9.59 Å². The van der Waals surface area contributed by atoms with E-state index in [0.29, 0.717) is 0 Å². The Hall–Kier alpha value is -2.62. The number of para-hydroxylation sites is 1. The van der Waals surface area contributed by atoms with Gasteiger partial charge in [-0.2, -0.15) is 0 Å². The Morgan fingerprint density at radius 1 is 0.913 bits per heavy atom. The molecule has 0 fully saturated rings. The summed E-state index contributed by atoms with van der Waals surface area (Å²) < 4.78 is 0. The predicted molar refractivity (Wildman–Crippen MR) is 92.2 cm³/mol. The lowest BCUT2D eigenvalue weighted by atomic mass is 10.1. The molecular weight excluding hydrogens is 288 g/mol. The topological polar surface area (TPSA) is 58.2 Å². The van der Waals surface area contributed by atoms with Crippen molar-refractivity contribution in [1.82, 2.24) is 5.32 Å². The molecule has 0 saturated carbocycles. The zero-order chi connectivity index (χ0) is 16.8. The minimum atomic E-state index is -0.305. The Morgan fingerprint density at radius 2 is 1.52 bits per heavy atom. The van der Waals surface area contributed by atoms with E-state index in [9.17, 15) is 9.59 Å². The molecule has 2 aromatic carbocycles. The molecule has 4 nitrogen and oxygen atoms in total. The molecule has 0 aromatic heterocycles. The molecule has 2 amide bonds. The van der Waals surface area contributed by atoms with E-state index >= 15 is 0 Å². The fraction of sp³-hybridized carbons (Fsp3) is 0.263. The lowest BCUT2D eigenvalue weighted by Gasteiger charge is -2.15. The first-order valence-electron chi connectivity index (χ1n) is 7.67. The van der Waals surface area contributed by atoms with Gasteiger partial charge in [0.05, 0.1) is 6.04 Å². The molecule has 0 aliphatic carbocycles. The second-order valence-corrected chi connectivity index (χ2v) is 5.69. The van der Waals surface area contributed by atoms with Crippen LogP contribution in [0.3, 0.4) is 0 Å². The Labute approximate surface area is 136 Å². The maximum absolute atomic E-state index is 12.1. The number of hydrogen-bond acceptors (Lipinski definition) is 2. The molecule has 4 heteroatoms. The summed E-state index contributed by atoms with van der Waals surface area (Å²) in [6.07, 6.45) is -0.190. The number of aryl methyl sites for hydroxylation is 2. The summed E-state index contributed by atoms with van der Waals surface area (Å²) in [6.45, 7) is 5.76. The van der Waals surface area contributed by atoms with Gasteiger partial charge in [-0.3, -0.25) is 9.59 Å². The van der Waals surface area contributed by atoms with Gasteiger partial charge in [0.2, 0.25) is 11.8 Å². The summed E-state index contributed by atoms with van der Waals surface area (Å²) in [6, 6.07) is 15.3. The van der Waals surface area contributed by atoms with Crippen molar-refractivity contribution in [2.24, 2.45) is 0 Å². The van der Waals surface area contributed by atoms with Gasteiger partial charge in [-0.1, -0.05) is 48.5 Å². The third kappa shape index (κ3) is 4.68. The van der Waals surface area contributed by atoms with Crippen LogP contribution in [0.2, 0.25) is 0 Å². The van der Waals surface area contributed by atoms with Crippen LogP contribution in [0.5, 0.6) is 0 Å². The molecule has 1 atom stereocenters. The van der Waals surface area contributed by atoms with Gasteiger partial charge in [0.15, 0.2) is 0 Å². The van der Waals surface area contributed by atoms with Crippen LogP contribution in [0.15, 0.2) is 48.5 Å². The standard InChI is InChI=1S/C19H22N2O2/c1-13-8-7-9-14(2)19(13)21-18(23)12-17(22)20-15(3)16-10-5-4-6-11-16/h4-11,15H,12H2,1-3H3,(H,20,22)(H,21,23). The molecule has 2 N–H and O–H groups in total. The molecule has 0 radical (unpaired) electrons. The Morgan fingerprint density at radius 3 is 2.13 bits per heavy atom. The average molecular weight is 310 g/mol. The van der Waals surface area contributed by atoms with Crippen molar-refractivity contribution in [2.75, 3.05) is 5.32 Å². The van der Waals surface area contributed by atoms with E-state index in [4.69, 9.17) is 0 Å². The van der Waals surface area contributed by atoms with E-state index in [1.54, 1.807) is 0 Å². The van der Waals surface area contributed by atoms with Gasteiger partial charge in [0.25, 0.3) is 0 Å². The molecule has 0 heterocycles. The first kappa shape index (κ1) is 16.7. The number of amides is 2. The highest BCUT2D eigenvalue weighted by Gasteiger charge is 2.14.